The fourth-order valence-corrected chi connectivity index (χ4v) is 2.83. The Balaban J connectivity index is 1.66. The van der Waals surface area contributed by atoms with E-state index in [-0.39, 0.29) is 0 Å². The summed E-state index contributed by atoms with van der Waals surface area (Å²) in [6.07, 6.45) is 2.23. The minimum absolute atomic E-state index is 0.856. The third kappa shape index (κ3) is 3.86. The van der Waals surface area contributed by atoms with Gasteiger partial charge in [-0.15, -0.1) is 11.3 Å². The Labute approximate surface area is 113 Å². The molecule has 0 saturated heterocycles. The minimum atomic E-state index is 0.856. The van der Waals surface area contributed by atoms with Crippen LogP contribution in [0, 0.1) is 6.92 Å². The van der Waals surface area contributed by atoms with Gasteiger partial charge in [0.2, 0.25) is 0 Å². The lowest BCUT2D eigenvalue weighted by Crippen LogP contribution is -2.15. The number of nitrogens with two attached hydrogens (primary N) is 1. The van der Waals surface area contributed by atoms with Gasteiger partial charge in [0.05, 0.1) is 0 Å². The van der Waals surface area contributed by atoms with Crippen LogP contribution in [0.25, 0.3) is 0 Å². The third-order valence-corrected chi connectivity index (χ3v) is 4.05. The van der Waals surface area contributed by atoms with Crippen LogP contribution >= 0.6 is 11.3 Å². The first-order chi connectivity index (χ1) is 8.75. The van der Waals surface area contributed by atoms with Gasteiger partial charge in [0.1, 0.15) is 0 Å². The molecule has 3 heteroatoms. The monoisotopic (exact) mass is 260 g/mol. The molecule has 0 amide bonds. The highest BCUT2D eigenvalue weighted by atomic mass is 32.1. The predicted octanol–water partition coefficient (Wildman–Crippen LogP) is 3.36. The quantitative estimate of drug-likeness (QED) is 0.617. The second-order valence-corrected chi connectivity index (χ2v) is 5.55. The normalized spacial score (nSPS) is 10.7. The van der Waals surface area contributed by atoms with Crippen LogP contribution in [-0.4, -0.2) is 6.54 Å². The maximum atomic E-state index is 5.76. The van der Waals surface area contributed by atoms with Crippen LogP contribution in [0.3, 0.4) is 0 Å². The second-order valence-electron chi connectivity index (χ2n) is 4.55. The summed E-state index contributed by atoms with van der Waals surface area (Å²) in [5.74, 6) is 0. The van der Waals surface area contributed by atoms with Crippen LogP contribution in [0.2, 0.25) is 0 Å². The van der Waals surface area contributed by atoms with Crippen molar-refractivity contribution < 1.29 is 0 Å². The summed E-state index contributed by atoms with van der Waals surface area (Å²) >= 11 is 1.83. The first-order valence-electron chi connectivity index (χ1n) is 6.34. The van der Waals surface area contributed by atoms with E-state index in [2.05, 4.69) is 35.8 Å². The molecule has 18 heavy (non-hydrogen) atoms. The molecule has 1 aromatic carbocycles. The number of anilines is 1. The van der Waals surface area contributed by atoms with Crippen molar-refractivity contribution in [2.24, 2.45) is 0 Å². The fraction of sp³-hybridized carbons (Fsp3) is 0.333. The predicted molar refractivity (Wildman–Crippen MR) is 79.9 cm³/mol. The molecule has 0 aliphatic heterocycles. The van der Waals surface area contributed by atoms with E-state index >= 15 is 0 Å². The van der Waals surface area contributed by atoms with Crippen molar-refractivity contribution in [2.75, 3.05) is 12.3 Å². The Kier molecular flexibility index (Phi) is 4.79. The van der Waals surface area contributed by atoms with Gasteiger partial charge in [-0.3, -0.25) is 0 Å². The van der Waals surface area contributed by atoms with E-state index in [0.717, 1.165) is 31.6 Å². The van der Waals surface area contributed by atoms with Gasteiger partial charge >= 0.3 is 0 Å². The minimum Gasteiger partial charge on any atom is -0.399 e. The Hall–Kier alpha value is -1.32. The Bertz CT molecular complexity index is 491. The molecule has 96 valence electrons. The molecular weight excluding hydrogens is 240 g/mol. The number of hydrogen-bond donors (Lipinski definition) is 2. The Morgan fingerprint density at radius 3 is 2.89 bits per heavy atom. The molecule has 3 N–H and O–H groups in total. The maximum absolute atomic E-state index is 5.76. The van der Waals surface area contributed by atoms with E-state index in [1.807, 2.05) is 23.5 Å². The SMILES string of the molecule is Cc1ccsc1CNCCCc1cccc(N)c1. The number of nitrogen functional groups attached to an aromatic ring is 1. The van der Waals surface area contributed by atoms with E-state index in [0.29, 0.717) is 0 Å². The van der Waals surface area contributed by atoms with Crippen LogP contribution in [0.1, 0.15) is 22.4 Å². The molecule has 0 saturated carbocycles. The van der Waals surface area contributed by atoms with Crippen LogP contribution in [-0.2, 0) is 13.0 Å². The van der Waals surface area contributed by atoms with E-state index in [1.54, 1.807) is 0 Å². The smallest absolute Gasteiger partial charge is 0.0316 e. The summed E-state index contributed by atoms with van der Waals surface area (Å²) in [5, 5.41) is 5.64. The van der Waals surface area contributed by atoms with Crippen LogP contribution in [0.4, 0.5) is 5.69 Å². The molecule has 0 aliphatic carbocycles. The zero-order valence-corrected chi connectivity index (χ0v) is 11.6. The van der Waals surface area contributed by atoms with Crippen LogP contribution in [0.5, 0.6) is 0 Å². The van der Waals surface area contributed by atoms with Gasteiger partial charge in [-0.25, -0.2) is 0 Å². The number of aryl methyl sites for hydroxylation is 2. The average Bonchev–Trinajstić information content (AvgIpc) is 2.75. The highest BCUT2D eigenvalue weighted by Crippen LogP contribution is 2.14. The summed E-state index contributed by atoms with van der Waals surface area (Å²) in [6.45, 7) is 4.20. The number of benzene rings is 1. The van der Waals surface area contributed by atoms with Crippen molar-refractivity contribution in [2.45, 2.75) is 26.3 Å². The van der Waals surface area contributed by atoms with E-state index in [1.165, 1.54) is 16.0 Å². The zero-order valence-electron chi connectivity index (χ0n) is 10.8. The number of nitrogens with one attached hydrogen (secondary N) is 1. The summed E-state index contributed by atoms with van der Waals surface area (Å²) in [4.78, 5) is 1.44. The molecule has 0 aliphatic rings. The molecule has 2 nitrogen and oxygen atoms in total. The lowest BCUT2D eigenvalue weighted by molar-refractivity contribution is 0.653. The Morgan fingerprint density at radius 1 is 1.28 bits per heavy atom. The molecule has 2 aromatic rings. The highest BCUT2D eigenvalue weighted by Gasteiger charge is 1.99. The third-order valence-electron chi connectivity index (χ3n) is 3.02. The molecule has 0 radical (unpaired) electrons. The highest BCUT2D eigenvalue weighted by molar-refractivity contribution is 7.10. The summed E-state index contributed by atoms with van der Waals surface area (Å²) < 4.78 is 0. The molecule has 0 atom stereocenters. The van der Waals surface area contributed by atoms with E-state index < -0.39 is 0 Å². The lowest BCUT2D eigenvalue weighted by Gasteiger charge is -2.05. The molecular formula is C15H20N2S. The molecule has 1 aromatic heterocycles. The van der Waals surface area contributed by atoms with Gasteiger partial charge in [-0.2, -0.15) is 0 Å². The standard InChI is InChI=1S/C15H20N2S/c1-12-7-9-18-15(12)11-17-8-3-5-13-4-2-6-14(16)10-13/h2,4,6-7,9-10,17H,3,5,8,11,16H2,1H3. The van der Waals surface area contributed by atoms with Gasteiger partial charge in [0.15, 0.2) is 0 Å². The van der Waals surface area contributed by atoms with Crippen molar-refractivity contribution in [3.8, 4) is 0 Å². The van der Waals surface area contributed by atoms with Crippen molar-refractivity contribution >= 4 is 17.0 Å². The number of hydrogen-bond acceptors (Lipinski definition) is 3. The molecule has 0 spiro atoms. The molecule has 0 bridgehead atoms. The van der Waals surface area contributed by atoms with Gasteiger partial charge in [-0.1, -0.05) is 12.1 Å². The van der Waals surface area contributed by atoms with Crippen molar-refractivity contribution in [3.05, 3.63) is 51.7 Å². The molecule has 1 heterocycles. The van der Waals surface area contributed by atoms with Crippen molar-refractivity contribution in [1.82, 2.24) is 5.32 Å². The van der Waals surface area contributed by atoms with Gasteiger partial charge < -0.3 is 11.1 Å². The van der Waals surface area contributed by atoms with Gasteiger partial charge in [0.25, 0.3) is 0 Å². The van der Waals surface area contributed by atoms with Gasteiger partial charge in [0, 0.05) is 17.1 Å². The average molecular weight is 260 g/mol. The number of thiophene rings is 1. The van der Waals surface area contributed by atoms with Gasteiger partial charge in [-0.05, 0) is 61.0 Å². The van der Waals surface area contributed by atoms with Crippen molar-refractivity contribution in [3.63, 3.8) is 0 Å². The fourth-order valence-electron chi connectivity index (χ4n) is 1.95. The first kappa shape index (κ1) is 13.1. The van der Waals surface area contributed by atoms with Crippen LogP contribution < -0.4 is 11.1 Å². The summed E-state index contributed by atoms with van der Waals surface area (Å²) in [5.41, 5.74) is 9.33. The van der Waals surface area contributed by atoms with E-state index in [9.17, 15) is 0 Å². The summed E-state index contributed by atoms with van der Waals surface area (Å²) in [6, 6.07) is 10.3. The topological polar surface area (TPSA) is 38.0 Å². The summed E-state index contributed by atoms with van der Waals surface area (Å²) in [7, 11) is 0. The number of rotatable bonds is 6. The lowest BCUT2D eigenvalue weighted by atomic mass is 10.1. The second kappa shape index (κ2) is 6.57. The largest absolute Gasteiger partial charge is 0.399 e. The zero-order chi connectivity index (χ0) is 12.8. The van der Waals surface area contributed by atoms with E-state index in [4.69, 9.17) is 5.73 Å². The van der Waals surface area contributed by atoms with Crippen molar-refractivity contribution in [1.29, 1.82) is 0 Å². The molecule has 0 unspecified atom stereocenters. The molecule has 2 rings (SSSR count). The Morgan fingerprint density at radius 2 is 2.17 bits per heavy atom. The molecule has 0 fully saturated rings. The maximum Gasteiger partial charge on any atom is 0.0316 e. The first-order valence-corrected chi connectivity index (χ1v) is 7.22. The van der Waals surface area contributed by atoms with Crippen LogP contribution in [0.15, 0.2) is 35.7 Å².